The first kappa shape index (κ1) is 25.8. The smallest absolute Gasteiger partial charge is 0.193 e. The molecule has 1 aliphatic heterocycles. The summed E-state index contributed by atoms with van der Waals surface area (Å²) >= 11 is 0. The Balaban J connectivity index is 0.00000420. The molecule has 0 amide bonds. The van der Waals surface area contributed by atoms with E-state index in [1.807, 2.05) is 19.2 Å². The Bertz CT molecular complexity index is 571. The van der Waals surface area contributed by atoms with Crippen molar-refractivity contribution in [3.05, 3.63) is 24.3 Å². The van der Waals surface area contributed by atoms with Crippen molar-refractivity contribution in [1.29, 1.82) is 0 Å². The molecular formula is C22H40IN5O. The van der Waals surface area contributed by atoms with Crippen LogP contribution in [0, 0.1) is 0 Å². The molecule has 1 N–H and O–H groups in total. The SMILES string of the molecule is CN=C(NCCCCCCCN(C)C)N1CCN(c2ccc(OC)cc2)CC1.I. The highest BCUT2D eigenvalue weighted by Crippen LogP contribution is 2.20. The molecule has 1 heterocycles. The van der Waals surface area contributed by atoms with Gasteiger partial charge in [0, 0.05) is 45.5 Å². The molecule has 166 valence electrons. The molecule has 1 aromatic rings. The van der Waals surface area contributed by atoms with E-state index in [0.717, 1.165) is 44.4 Å². The van der Waals surface area contributed by atoms with E-state index in [9.17, 15) is 0 Å². The molecule has 1 aromatic carbocycles. The van der Waals surface area contributed by atoms with Crippen LogP contribution in [0.4, 0.5) is 5.69 Å². The molecule has 1 saturated heterocycles. The van der Waals surface area contributed by atoms with Crippen molar-refractivity contribution in [3.8, 4) is 5.75 Å². The van der Waals surface area contributed by atoms with Crippen LogP contribution in [0.15, 0.2) is 29.3 Å². The van der Waals surface area contributed by atoms with Gasteiger partial charge in [-0.1, -0.05) is 19.3 Å². The number of hydrogen-bond acceptors (Lipinski definition) is 4. The lowest BCUT2D eigenvalue weighted by atomic mass is 10.1. The molecule has 0 aromatic heterocycles. The summed E-state index contributed by atoms with van der Waals surface area (Å²) in [5.41, 5.74) is 1.26. The van der Waals surface area contributed by atoms with Crippen molar-refractivity contribution in [1.82, 2.24) is 15.1 Å². The van der Waals surface area contributed by atoms with Gasteiger partial charge in [0.05, 0.1) is 7.11 Å². The quantitative estimate of drug-likeness (QED) is 0.223. The molecule has 0 radical (unpaired) electrons. The maximum Gasteiger partial charge on any atom is 0.193 e. The number of guanidine groups is 1. The van der Waals surface area contributed by atoms with Crippen LogP contribution in [-0.2, 0) is 0 Å². The minimum Gasteiger partial charge on any atom is -0.497 e. The number of hydrogen-bond donors (Lipinski definition) is 1. The third-order valence-corrected chi connectivity index (χ3v) is 5.29. The molecule has 0 aliphatic carbocycles. The minimum absolute atomic E-state index is 0. The molecule has 0 atom stereocenters. The maximum atomic E-state index is 5.25. The van der Waals surface area contributed by atoms with Crippen molar-refractivity contribution >= 4 is 35.6 Å². The molecule has 0 saturated carbocycles. The Morgan fingerprint density at radius 3 is 2.21 bits per heavy atom. The summed E-state index contributed by atoms with van der Waals surface area (Å²) in [6, 6.07) is 8.34. The van der Waals surface area contributed by atoms with E-state index in [1.165, 1.54) is 44.3 Å². The second-order valence-electron chi connectivity index (χ2n) is 7.72. The van der Waals surface area contributed by atoms with Crippen LogP contribution in [0.2, 0.25) is 0 Å². The average Bonchev–Trinajstić information content (AvgIpc) is 2.73. The highest BCUT2D eigenvalue weighted by molar-refractivity contribution is 14.0. The Labute approximate surface area is 194 Å². The number of ether oxygens (including phenoxy) is 1. The number of benzene rings is 1. The van der Waals surface area contributed by atoms with Gasteiger partial charge >= 0.3 is 0 Å². The maximum absolute atomic E-state index is 5.25. The van der Waals surface area contributed by atoms with Gasteiger partial charge in [-0.3, -0.25) is 4.99 Å². The van der Waals surface area contributed by atoms with Crippen LogP contribution >= 0.6 is 24.0 Å². The molecule has 0 bridgehead atoms. The number of methoxy groups -OCH3 is 1. The van der Waals surface area contributed by atoms with Gasteiger partial charge in [-0.25, -0.2) is 0 Å². The van der Waals surface area contributed by atoms with Crippen molar-refractivity contribution in [3.63, 3.8) is 0 Å². The van der Waals surface area contributed by atoms with E-state index in [2.05, 4.69) is 51.2 Å². The summed E-state index contributed by atoms with van der Waals surface area (Å²) in [7, 11) is 7.88. The summed E-state index contributed by atoms with van der Waals surface area (Å²) in [5.74, 6) is 1.95. The van der Waals surface area contributed by atoms with E-state index >= 15 is 0 Å². The predicted octanol–water partition coefficient (Wildman–Crippen LogP) is 3.52. The topological polar surface area (TPSA) is 43.3 Å². The molecule has 0 unspecified atom stereocenters. The Hall–Kier alpha value is -1.22. The van der Waals surface area contributed by atoms with Gasteiger partial charge in [-0.15, -0.1) is 24.0 Å². The van der Waals surface area contributed by atoms with Crippen LogP contribution in [-0.4, -0.2) is 83.3 Å². The summed E-state index contributed by atoms with van der Waals surface area (Å²) < 4.78 is 5.25. The van der Waals surface area contributed by atoms with Crippen LogP contribution in [0.5, 0.6) is 5.75 Å². The average molecular weight is 518 g/mol. The first-order valence-electron chi connectivity index (χ1n) is 10.6. The van der Waals surface area contributed by atoms with Gasteiger partial charge in [-0.05, 0) is 57.7 Å². The number of anilines is 1. The molecule has 7 heteroatoms. The molecule has 2 rings (SSSR count). The largest absolute Gasteiger partial charge is 0.497 e. The fourth-order valence-electron chi connectivity index (χ4n) is 3.59. The number of rotatable bonds is 10. The number of piperazine rings is 1. The first-order valence-corrected chi connectivity index (χ1v) is 10.6. The van der Waals surface area contributed by atoms with Gasteiger partial charge in [0.1, 0.15) is 5.75 Å². The normalized spacial score (nSPS) is 14.7. The van der Waals surface area contributed by atoms with E-state index in [-0.39, 0.29) is 24.0 Å². The summed E-state index contributed by atoms with van der Waals surface area (Å²) in [6.45, 7) is 6.23. The van der Waals surface area contributed by atoms with Crippen LogP contribution < -0.4 is 15.0 Å². The lowest BCUT2D eigenvalue weighted by molar-refractivity contribution is 0.371. The second-order valence-corrected chi connectivity index (χ2v) is 7.72. The molecule has 29 heavy (non-hydrogen) atoms. The first-order chi connectivity index (χ1) is 13.6. The number of nitrogens with one attached hydrogen (secondary N) is 1. The lowest BCUT2D eigenvalue weighted by Gasteiger charge is -2.37. The highest BCUT2D eigenvalue weighted by atomic mass is 127. The van der Waals surface area contributed by atoms with E-state index in [0.29, 0.717) is 0 Å². The number of halogens is 1. The van der Waals surface area contributed by atoms with Crippen molar-refractivity contribution in [2.45, 2.75) is 32.1 Å². The Morgan fingerprint density at radius 2 is 1.62 bits per heavy atom. The van der Waals surface area contributed by atoms with Gasteiger partial charge in [0.15, 0.2) is 5.96 Å². The third-order valence-electron chi connectivity index (χ3n) is 5.29. The molecule has 6 nitrogen and oxygen atoms in total. The fourth-order valence-corrected chi connectivity index (χ4v) is 3.59. The van der Waals surface area contributed by atoms with E-state index < -0.39 is 0 Å². The number of unbranched alkanes of at least 4 members (excludes halogenated alkanes) is 4. The lowest BCUT2D eigenvalue weighted by Crippen LogP contribution is -2.52. The van der Waals surface area contributed by atoms with E-state index in [1.54, 1.807) is 7.11 Å². The van der Waals surface area contributed by atoms with Crippen LogP contribution in [0.1, 0.15) is 32.1 Å². The summed E-state index contributed by atoms with van der Waals surface area (Å²) in [4.78, 5) is 11.6. The summed E-state index contributed by atoms with van der Waals surface area (Å²) in [6.07, 6.45) is 6.48. The van der Waals surface area contributed by atoms with Gasteiger partial charge in [0.25, 0.3) is 0 Å². The molecule has 0 spiro atoms. The molecule has 1 fully saturated rings. The molecular weight excluding hydrogens is 477 g/mol. The van der Waals surface area contributed by atoms with Crippen LogP contribution in [0.25, 0.3) is 0 Å². The second kappa shape index (κ2) is 14.7. The number of aliphatic imine (C=N–C) groups is 1. The van der Waals surface area contributed by atoms with Gasteiger partial charge in [0.2, 0.25) is 0 Å². The van der Waals surface area contributed by atoms with Crippen molar-refractivity contribution in [2.75, 3.05) is 72.4 Å². The highest BCUT2D eigenvalue weighted by Gasteiger charge is 2.19. The standard InChI is InChI=1S/C22H39N5O.HI/c1-23-22(24-14-8-6-5-7-9-15-25(2)3)27-18-16-26(17-19-27)20-10-12-21(28-4)13-11-20;/h10-13H,5-9,14-19H2,1-4H3,(H,23,24);1H. The van der Waals surface area contributed by atoms with Gasteiger partial charge < -0.3 is 24.8 Å². The monoisotopic (exact) mass is 517 g/mol. The fraction of sp³-hybridized carbons (Fsp3) is 0.682. The third kappa shape index (κ3) is 9.42. The Morgan fingerprint density at radius 1 is 1.00 bits per heavy atom. The Kier molecular flexibility index (Phi) is 13.1. The zero-order valence-electron chi connectivity index (χ0n) is 18.7. The molecule has 1 aliphatic rings. The minimum atomic E-state index is 0. The van der Waals surface area contributed by atoms with Crippen molar-refractivity contribution < 1.29 is 4.74 Å². The van der Waals surface area contributed by atoms with Gasteiger partial charge in [-0.2, -0.15) is 0 Å². The zero-order valence-corrected chi connectivity index (χ0v) is 21.0. The summed E-state index contributed by atoms with van der Waals surface area (Å²) in [5, 5.41) is 3.55. The van der Waals surface area contributed by atoms with Crippen molar-refractivity contribution in [2.24, 2.45) is 4.99 Å². The van der Waals surface area contributed by atoms with E-state index in [4.69, 9.17) is 4.74 Å². The number of nitrogens with zero attached hydrogens (tertiary/aromatic N) is 4. The predicted molar refractivity (Wildman–Crippen MR) is 135 cm³/mol. The van der Waals surface area contributed by atoms with Crippen LogP contribution in [0.3, 0.4) is 0 Å². The zero-order chi connectivity index (χ0) is 20.2.